The summed E-state index contributed by atoms with van der Waals surface area (Å²) >= 11 is 0. The minimum absolute atomic E-state index is 0.0105. The van der Waals surface area contributed by atoms with Gasteiger partial charge in [0.25, 0.3) is 5.91 Å². The van der Waals surface area contributed by atoms with Crippen LogP contribution in [-0.2, 0) is 4.79 Å². The third-order valence-corrected chi connectivity index (χ3v) is 2.62. The highest BCUT2D eigenvalue weighted by Gasteiger charge is 2.17. The van der Waals surface area contributed by atoms with Crippen LogP contribution in [0.25, 0.3) is 0 Å². The first-order chi connectivity index (χ1) is 7.75. The maximum Gasteiger partial charge on any atom is 0.260 e. The number of benzene rings is 1. The van der Waals surface area contributed by atoms with Crippen LogP contribution in [-0.4, -0.2) is 30.5 Å². The molecule has 1 aliphatic rings. The predicted octanol–water partition coefficient (Wildman–Crippen LogP) is 1.83. The molecule has 0 aliphatic carbocycles. The number of hydrogen-bond donors (Lipinski definition) is 0. The normalized spacial score (nSPS) is 15.2. The Morgan fingerprint density at radius 2 is 2.12 bits per heavy atom. The molecule has 4 heteroatoms. The van der Waals surface area contributed by atoms with Gasteiger partial charge < -0.3 is 9.64 Å². The lowest BCUT2D eigenvalue weighted by Gasteiger charge is -2.15. The lowest BCUT2D eigenvalue weighted by Crippen LogP contribution is -2.32. The summed E-state index contributed by atoms with van der Waals surface area (Å²) in [6.07, 6.45) is 2.12. The number of amides is 1. The van der Waals surface area contributed by atoms with E-state index in [1.807, 2.05) is 0 Å². The van der Waals surface area contributed by atoms with Crippen molar-refractivity contribution in [2.75, 3.05) is 19.7 Å². The lowest BCUT2D eigenvalue weighted by molar-refractivity contribution is -0.132. The monoisotopic (exact) mass is 223 g/mol. The van der Waals surface area contributed by atoms with Crippen molar-refractivity contribution < 1.29 is 13.9 Å². The van der Waals surface area contributed by atoms with Gasteiger partial charge in [0, 0.05) is 19.2 Å². The van der Waals surface area contributed by atoms with Gasteiger partial charge in [0.2, 0.25) is 0 Å². The molecular weight excluding hydrogens is 209 g/mol. The quantitative estimate of drug-likeness (QED) is 0.782. The summed E-state index contributed by atoms with van der Waals surface area (Å²) in [6, 6.07) is 5.82. The predicted molar refractivity (Wildman–Crippen MR) is 57.7 cm³/mol. The van der Waals surface area contributed by atoms with Crippen LogP contribution in [0.1, 0.15) is 12.8 Å². The maximum absolute atomic E-state index is 12.8. The SMILES string of the molecule is O=C(COc1cccc(F)c1)N1CCCC1. The average Bonchev–Trinajstić information content (AvgIpc) is 2.79. The van der Waals surface area contributed by atoms with E-state index in [2.05, 4.69) is 0 Å². The second-order valence-electron chi connectivity index (χ2n) is 3.83. The molecule has 0 spiro atoms. The third kappa shape index (κ3) is 2.72. The van der Waals surface area contributed by atoms with Crippen LogP contribution in [0.5, 0.6) is 5.75 Å². The summed E-state index contributed by atoms with van der Waals surface area (Å²) < 4.78 is 18.0. The molecule has 3 nitrogen and oxygen atoms in total. The second kappa shape index (κ2) is 4.96. The Kier molecular flexibility index (Phi) is 3.39. The fourth-order valence-corrected chi connectivity index (χ4v) is 1.76. The first-order valence-corrected chi connectivity index (χ1v) is 5.42. The fraction of sp³-hybridized carbons (Fsp3) is 0.417. The third-order valence-electron chi connectivity index (χ3n) is 2.62. The standard InChI is InChI=1S/C12H14FNO2/c13-10-4-3-5-11(8-10)16-9-12(15)14-6-1-2-7-14/h3-5,8H,1-2,6-7,9H2. The molecule has 1 aromatic rings. The van der Waals surface area contributed by atoms with Crippen molar-refractivity contribution in [2.45, 2.75) is 12.8 Å². The molecule has 0 bridgehead atoms. The number of likely N-dealkylation sites (tertiary alicyclic amines) is 1. The van der Waals surface area contributed by atoms with Gasteiger partial charge in [-0.05, 0) is 25.0 Å². The smallest absolute Gasteiger partial charge is 0.260 e. The van der Waals surface area contributed by atoms with E-state index >= 15 is 0 Å². The van der Waals surface area contributed by atoms with Gasteiger partial charge in [-0.2, -0.15) is 0 Å². The summed E-state index contributed by atoms with van der Waals surface area (Å²) in [5.74, 6) is 0.0143. The van der Waals surface area contributed by atoms with Crippen molar-refractivity contribution in [3.05, 3.63) is 30.1 Å². The van der Waals surface area contributed by atoms with Gasteiger partial charge in [0.1, 0.15) is 11.6 Å². The number of rotatable bonds is 3. The van der Waals surface area contributed by atoms with E-state index in [1.165, 1.54) is 12.1 Å². The van der Waals surface area contributed by atoms with Crippen LogP contribution < -0.4 is 4.74 Å². The van der Waals surface area contributed by atoms with Gasteiger partial charge in [-0.3, -0.25) is 4.79 Å². The maximum atomic E-state index is 12.8. The molecule has 16 heavy (non-hydrogen) atoms. The summed E-state index contributed by atoms with van der Waals surface area (Å²) in [7, 11) is 0. The average molecular weight is 223 g/mol. The van der Waals surface area contributed by atoms with Gasteiger partial charge in [-0.15, -0.1) is 0 Å². The van der Waals surface area contributed by atoms with E-state index in [-0.39, 0.29) is 18.3 Å². The van der Waals surface area contributed by atoms with Gasteiger partial charge in [-0.25, -0.2) is 4.39 Å². The molecule has 2 rings (SSSR count). The lowest BCUT2D eigenvalue weighted by atomic mass is 10.3. The van der Waals surface area contributed by atoms with E-state index in [9.17, 15) is 9.18 Å². The first kappa shape index (κ1) is 10.9. The molecule has 0 aromatic heterocycles. The zero-order valence-electron chi connectivity index (χ0n) is 8.99. The number of hydrogen-bond acceptors (Lipinski definition) is 2. The Balaban J connectivity index is 1.84. The second-order valence-corrected chi connectivity index (χ2v) is 3.83. The number of halogens is 1. The highest BCUT2D eigenvalue weighted by atomic mass is 19.1. The molecule has 0 N–H and O–H groups in total. The Morgan fingerprint density at radius 3 is 2.81 bits per heavy atom. The van der Waals surface area contributed by atoms with Crippen LogP contribution in [0.3, 0.4) is 0 Å². The van der Waals surface area contributed by atoms with Crippen molar-refractivity contribution in [3.63, 3.8) is 0 Å². The van der Waals surface area contributed by atoms with Crippen molar-refractivity contribution >= 4 is 5.91 Å². The topological polar surface area (TPSA) is 29.5 Å². The van der Waals surface area contributed by atoms with Crippen LogP contribution in [0.2, 0.25) is 0 Å². The molecular formula is C12H14FNO2. The summed E-state index contributed by atoms with van der Waals surface area (Å²) in [5, 5.41) is 0. The number of ether oxygens (including phenoxy) is 1. The first-order valence-electron chi connectivity index (χ1n) is 5.42. The van der Waals surface area contributed by atoms with Gasteiger partial charge in [-0.1, -0.05) is 6.07 Å². The largest absolute Gasteiger partial charge is 0.484 e. The van der Waals surface area contributed by atoms with Crippen molar-refractivity contribution in [1.29, 1.82) is 0 Å². The van der Waals surface area contributed by atoms with E-state index in [4.69, 9.17) is 4.74 Å². The minimum Gasteiger partial charge on any atom is -0.484 e. The Hall–Kier alpha value is -1.58. The van der Waals surface area contributed by atoms with Crippen LogP contribution in [0, 0.1) is 5.82 Å². The number of carbonyl (C=O) groups is 1. The molecule has 1 amide bonds. The molecule has 0 saturated carbocycles. The molecule has 1 saturated heterocycles. The molecule has 1 aromatic carbocycles. The Labute approximate surface area is 93.8 Å². The summed E-state index contributed by atoms with van der Waals surface area (Å²) in [6.45, 7) is 1.61. The van der Waals surface area contributed by atoms with Crippen LogP contribution in [0.15, 0.2) is 24.3 Å². The van der Waals surface area contributed by atoms with Crippen LogP contribution >= 0.6 is 0 Å². The Bertz CT molecular complexity index is 375. The van der Waals surface area contributed by atoms with Crippen molar-refractivity contribution in [1.82, 2.24) is 4.90 Å². The Morgan fingerprint density at radius 1 is 1.38 bits per heavy atom. The van der Waals surface area contributed by atoms with Crippen LogP contribution in [0.4, 0.5) is 4.39 Å². The fourth-order valence-electron chi connectivity index (χ4n) is 1.76. The van der Waals surface area contributed by atoms with E-state index in [1.54, 1.807) is 17.0 Å². The molecule has 0 atom stereocenters. The molecule has 1 aliphatic heterocycles. The van der Waals surface area contributed by atoms with Gasteiger partial charge in [0.15, 0.2) is 6.61 Å². The number of nitrogens with zero attached hydrogens (tertiary/aromatic N) is 1. The zero-order valence-corrected chi connectivity index (χ0v) is 8.99. The highest BCUT2D eigenvalue weighted by Crippen LogP contribution is 2.13. The van der Waals surface area contributed by atoms with Crippen molar-refractivity contribution in [2.24, 2.45) is 0 Å². The van der Waals surface area contributed by atoms with Gasteiger partial charge >= 0.3 is 0 Å². The van der Waals surface area contributed by atoms with Gasteiger partial charge in [0.05, 0.1) is 0 Å². The molecule has 1 fully saturated rings. The summed E-state index contributed by atoms with van der Waals surface area (Å²) in [4.78, 5) is 13.4. The molecule has 1 heterocycles. The van der Waals surface area contributed by atoms with E-state index in [0.717, 1.165) is 25.9 Å². The number of carbonyl (C=O) groups excluding carboxylic acids is 1. The van der Waals surface area contributed by atoms with Crippen molar-refractivity contribution in [3.8, 4) is 5.75 Å². The van der Waals surface area contributed by atoms with E-state index < -0.39 is 0 Å². The summed E-state index contributed by atoms with van der Waals surface area (Å²) in [5.41, 5.74) is 0. The minimum atomic E-state index is -0.355. The highest BCUT2D eigenvalue weighted by molar-refractivity contribution is 5.78. The van der Waals surface area contributed by atoms with E-state index in [0.29, 0.717) is 5.75 Å². The zero-order chi connectivity index (χ0) is 11.4. The molecule has 86 valence electrons. The molecule has 0 radical (unpaired) electrons. The molecule has 0 unspecified atom stereocenters.